The lowest BCUT2D eigenvalue weighted by molar-refractivity contribution is -0.126. The number of ether oxygens (including phenoxy) is 1. The van der Waals surface area contributed by atoms with Crippen molar-refractivity contribution in [3.8, 4) is 22.7 Å². The number of hydrazone groups is 1. The fourth-order valence-corrected chi connectivity index (χ4v) is 4.59. The van der Waals surface area contributed by atoms with Crippen LogP contribution in [0.15, 0.2) is 96.2 Å². The number of para-hydroxylation sites is 1. The number of nitrogens with zero attached hydrogens (tertiary/aromatic N) is 3. The summed E-state index contributed by atoms with van der Waals surface area (Å²) in [6.07, 6.45) is 11.9. The van der Waals surface area contributed by atoms with Gasteiger partial charge in [-0.2, -0.15) is 10.2 Å². The quantitative estimate of drug-likeness (QED) is 0.0814. The Morgan fingerprint density at radius 2 is 1.51 bits per heavy atom. The van der Waals surface area contributed by atoms with E-state index in [-0.39, 0.29) is 18.4 Å². The second-order valence-electron chi connectivity index (χ2n) is 10.5. The Bertz CT molecular complexity index is 1430. The summed E-state index contributed by atoms with van der Waals surface area (Å²) in [5.41, 5.74) is 6.83. The average molecular weight is 580 g/mol. The minimum Gasteiger partial charge on any atom is -0.489 e. The summed E-state index contributed by atoms with van der Waals surface area (Å²) in [4.78, 5) is 24.4. The van der Waals surface area contributed by atoms with Crippen LogP contribution in [0.2, 0.25) is 0 Å². The molecule has 43 heavy (non-hydrogen) atoms. The van der Waals surface area contributed by atoms with Crippen molar-refractivity contribution >= 4 is 18.0 Å². The monoisotopic (exact) mass is 579 g/mol. The molecule has 8 heteroatoms. The number of nitrogens with one attached hydrogen (secondary N) is 2. The predicted molar refractivity (Wildman–Crippen MR) is 171 cm³/mol. The van der Waals surface area contributed by atoms with E-state index in [2.05, 4.69) is 22.8 Å². The minimum absolute atomic E-state index is 0.115. The Balaban J connectivity index is 1.32. The molecule has 0 bridgehead atoms. The molecule has 0 unspecified atom stereocenters. The molecule has 0 radical (unpaired) electrons. The van der Waals surface area contributed by atoms with E-state index in [1.165, 1.54) is 25.7 Å². The highest BCUT2D eigenvalue weighted by molar-refractivity contribution is 5.90. The fraction of sp³-hybridized carbons (Fsp3) is 0.314. The Hall–Kier alpha value is -4.72. The molecule has 2 N–H and O–H groups in total. The number of aromatic nitrogens is 2. The molecule has 8 nitrogen and oxygen atoms in total. The van der Waals surface area contributed by atoms with Crippen molar-refractivity contribution in [2.24, 2.45) is 5.10 Å². The standard InChI is InChI=1S/C35H41N5O3/c1-2-3-4-5-6-7-14-19-33(41)36-25-34(42)38-37-24-30-26-40(31-17-12-9-13-18-31)39-35(30)29-20-22-32(23-21-29)43-27-28-15-10-8-11-16-28/h8-13,15-18,20-24,26H,2-7,14,19,25,27H2,1H3,(H,36,41)(H,38,42)/b37-24+. The van der Waals surface area contributed by atoms with Gasteiger partial charge in [-0.15, -0.1) is 0 Å². The van der Waals surface area contributed by atoms with Gasteiger partial charge in [-0.05, 0) is 48.4 Å². The zero-order valence-corrected chi connectivity index (χ0v) is 24.9. The third kappa shape index (κ3) is 10.6. The lowest BCUT2D eigenvalue weighted by atomic mass is 10.1. The summed E-state index contributed by atoms with van der Waals surface area (Å²) in [6, 6.07) is 27.5. The number of hydrogen-bond acceptors (Lipinski definition) is 5. The first-order chi connectivity index (χ1) is 21.1. The van der Waals surface area contributed by atoms with Crippen molar-refractivity contribution < 1.29 is 14.3 Å². The van der Waals surface area contributed by atoms with Crippen LogP contribution in [0.3, 0.4) is 0 Å². The largest absolute Gasteiger partial charge is 0.489 e. The molecule has 0 atom stereocenters. The van der Waals surface area contributed by atoms with Crippen LogP contribution >= 0.6 is 0 Å². The van der Waals surface area contributed by atoms with Gasteiger partial charge in [0, 0.05) is 23.7 Å². The van der Waals surface area contributed by atoms with Crippen molar-refractivity contribution in [3.05, 3.63) is 102 Å². The molecule has 0 spiro atoms. The first-order valence-electron chi connectivity index (χ1n) is 15.1. The SMILES string of the molecule is CCCCCCCCCC(=O)NCC(=O)N/N=C/c1cn(-c2ccccc2)nc1-c1ccc(OCc2ccccc2)cc1. The summed E-state index contributed by atoms with van der Waals surface area (Å²) in [5, 5.41) is 11.6. The maximum Gasteiger partial charge on any atom is 0.259 e. The van der Waals surface area contributed by atoms with Crippen molar-refractivity contribution in [2.75, 3.05) is 6.54 Å². The third-order valence-electron chi connectivity index (χ3n) is 6.99. The highest BCUT2D eigenvalue weighted by atomic mass is 16.5. The van der Waals surface area contributed by atoms with Gasteiger partial charge in [-0.25, -0.2) is 10.1 Å². The van der Waals surface area contributed by atoms with Crippen LogP contribution in [0.1, 0.15) is 69.4 Å². The lowest BCUT2D eigenvalue weighted by Gasteiger charge is -2.07. The maximum atomic E-state index is 12.3. The maximum absolute atomic E-state index is 12.3. The molecule has 2 amide bonds. The average Bonchev–Trinajstić information content (AvgIpc) is 3.47. The molecule has 0 aliphatic rings. The van der Waals surface area contributed by atoms with Crippen LogP contribution in [-0.2, 0) is 16.2 Å². The zero-order chi connectivity index (χ0) is 30.1. The molecule has 0 aliphatic carbocycles. The first-order valence-corrected chi connectivity index (χ1v) is 15.1. The summed E-state index contributed by atoms with van der Waals surface area (Å²) in [7, 11) is 0. The smallest absolute Gasteiger partial charge is 0.259 e. The normalized spacial score (nSPS) is 11.0. The number of amides is 2. The van der Waals surface area contributed by atoms with E-state index in [0.29, 0.717) is 18.7 Å². The molecule has 4 rings (SSSR count). The highest BCUT2D eigenvalue weighted by Gasteiger charge is 2.12. The van der Waals surface area contributed by atoms with E-state index in [0.717, 1.165) is 47.4 Å². The minimum atomic E-state index is -0.388. The Morgan fingerprint density at radius 3 is 2.23 bits per heavy atom. The first kappa shape index (κ1) is 31.2. The van der Waals surface area contributed by atoms with Crippen molar-refractivity contribution in [1.82, 2.24) is 20.5 Å². The van der Waals surface area contributed by atoms with Gasteiger partial charge in [-0.3, -0.25) is 9.59 Å². The summed E-state index contributed by atoms with van der Waals surface area (Å²) in [5.74, 6) is 0.253. The van der Waals surface area contributed by atoms with Crippen molar-refractivity contribution in [3.63, 3.8) is 0 Å². The van der Waals surface area contributed by atoms with Crippen molar-refractivity contribution in [2.45, 2.75) is 64.9 Å². The van der Waals surface area contributed by atoms with Crippen molar-refractivity contribution in [1.29, 1.82) is 0 Å². The van der Waals surface area contributed by atoms with E-state index >= 15 is 0 Å². The van der Waals surface area contributed by atoms with Crippen LogP contribution < -0.4 is 15.5 Å². The van der Waals surface area contributed by atoms with Gasteiger partial charge in [-0.1, -0.05) is 94.0 Å². The molecule has 1 aromatic heterocycles. The number of rotatable bonds is 17. The Labute approximate surface area is 254 Å². The molecular formula is C35H41N5O3. The molecule has 0 saturated heterocycles. The van der Waals surface area contributed by atoms with E-state index < -0.39 is 0 Å². The third-order valence-corrected chi connectivity index (χ3v) is 6.99. The highest BCUT2D eigenvalue weighted by Crippen LogP contribution is 2.25. The Morgan fingerprint density at radius 1 is 0.837 bits per heavy atom. The van der Waals surface area contributed by atoms with Gasteiger partial charge < -0.3 is 10.1 Å². The summed E-state index contributed by atoms with van der Waals surface area (Å²) in [6.45, 7) is 2.57. The van der Waals surface area contributed by atoms with Gasteiger partial charge >= 0.3 is 0 Å². The number of hydrogen-bond donors (Lipinski definition) is 2. The van der Waals surface area contributed by atoms with Crippen LogP contribution in [0.4, 0.5) is 0 Å². The number of carbonyl (C=O) groups is 2. The second-order valence-corrected chi connectivity index (χ2v) is 10.5. The van der Waals surface area contributed by atoms with Gasteiger partial charge in [0.25, 0.3) is 5.91 Å². The lowest BCUT2D eigenvalue weighted by Crippen LogP contribution is -2.34. The molecule has 3 aromatic carbocycles. The molecule has 0 fully saturated rings. The van der Waals surface area contributed by atoms with E-state index in [9.17, 15) is 9.59 Å². The molecule has 224 valence electrons. The van der Waals surface area contributed by atoms with Crippen LogP contribution in [0, 0.1) is 0 Å². The predicted octanol–water partition coefficient (Wildman–Crippen LogP) is 6.83. The topological polar surface area (TPSA) is 97.6 Å². The van der Waals surface area contributed by atoms with E-state index in [4.69, 9.17) is 9.84 Å². The molecule has 0 aliphatic heterocycles. The van der Waals surface area contributed by atoms with Gasteiger partial charge in [0.2, 0.25) is 5.91 Å². The zero-order valence-electron chi connectivity index (χ0n) is 24.9. The Kier molecular flexibility index (Phi) is 12.6. The number of benzene rings is 3. The molecule has 1 heterocycles. The second kappa shape index (κ2) is 17.3. The number of carbonyl (C=O) groups excluding carboxylic acids is 2. The fourth-order valence-electron chi connectivity index (χ4n) is 4.59. The van der Waals surface area contributed by atoms with Crippen LogP contribution in [0.5, 0.6) is 5.75 Å². The van der Waals surface area contributed by atoms with Crippen LogP contribution in [0.25, 0.3) is 16.9 Å². The molecular weight excluding hydrogens is 538 g/mol. The summed E-state index contributed by atoms with van der Waals surface area (Å²) < 4.78 is 7.71. The molecule has 0 saturated carbocycles. The van der Waals surface area contributed by atoms with Crippen LogP contribution in [-0.4, -0.2) is 34.4 Å². The van der Waals surface area contributed by atoms with E-state index in [1.807, 2.05) is 91.1 Å². The number of unbranched alkanes of at least 4 members (excludes halogenated alkanes) is 6. The van der Waals surface area contributed by atoms with E-state index in [1.54, 1.807) is 10.9 Å². The summed E-state index contributed by atoms with van der Waals surface area (Å²) >= 11 is 0. The van der Waals surface area contributed by atoms with Gasteiger partial charge in [0.15, 0.2) is 0 Å². The van der Waals surface area contributed by atoms with Gasteiger partial charge in [0.05, 0.1) is 18.4 Å². The molecule has 4 aromatic rings. The van der Waals surface area contributed by atoms with Gasteiger partial charge in [0.1, 0.15) is 18.1 Å².